The van der Waals surface area contributed by atoms with Gasteiger partial charge in [0.05, 0.1) is 12.2 Å². The number of amides is 1. The molecular weight excluding hydrogens is 192 g/mol. The molecule has 1 amide bonds. The number of nitrogens with zero attached hydrogens (tertiary/aromatic N) is 3. The van der Waals surface area contributed by atoms with Gasteiger partial charge in [-0.25, -0.2) is 0 Å². The lowest BCUT2D eigenvalue weighted by Gasteiger charge is -2.01. The van der Waals surface area contributed by atoms with Crippen molar-refractivity contribution < 1.29 is 4.79 Å². The number of aromatic nitrogens is 3. The van der Waals surface area contributed by atoms with Crippen LogP contribution in [0.1, 0.15) is 26.5 Å². The Labute approximate surface area is 89.9 Å². The summed E-state index contributed by atoms with van der Waals surface area (Å²) < 4.78 is 1.76. The first-order valence-electron chi connectivity index (χ1n) is 5.21. The molecule has 0 fully saturated rings. The van der Waals surface area contributed by atoms with Crippen molar-refractivity contribution in [3.63, 3.8) is 0 Å². The molecule has 1 rings (SSSR count). The molecule has 15 heavy (non-hydrogen) atoms. The molecule has 0 aliphatic carbocycles. The minimum Gasteiger partial charge on any atom is -0.354 e. The van der Waals surface area contributed by atoms with Crippen LogP contribution in [0.15, 0.2) is 6.20 Å². The number of carbonyl (C=O) groups is 1. The van der Waals surface area contributed by atoms with Crippen molar-refractivity contribution in [2.45, 2.75) is 33.7 Å². The lowest BCUT2D eigenvalue weighted by Crippen LogP contribution is -2.24. The summed E-state index contributed by atoms with van der Waals surface area (Å²) in [6, 6.07) is 0. The van der Waals surface area contributed by atoms with Gasteiger partial charge in [0.2, 0.25) is 5.91 Å². The minimum atomic E-state index is -0.0162. The van der Waals surface area contributed by atoms with E-state index in [1.165, 1.54) is 6.92 Å². The van der Waals surface area contributed by atoms with Gasteiger partial charge >= 0.3 is 0 Å². The van der Waals surface area contributed by atoms with Crippen LogP contribution in [0.25, 0.3) is 0 Å². The van der Waals surface area contributed by atoms with Crippen LogP contribution < -0.4 is 5.32 Å². The molecule has 0 aliphatic heterocycles. The van der Waals surface area contributed by atoms with E-state index < -0.39 is 0 Å². The molecule has 0 unspecified atom stereocenters. The van der Waals surface area contributed by atoms with Crippen LogP contribution in [-0.2, 0) is 17.8 Å². The highest BCUT2D eigenvalue weighted by atomic mass is 16.1. The second-order valence-corrected chi connectivity index (χ2v) is 4.05. The molecule has 0 spiro atoms. The van der Waals surface area contributed by atoms with Gasteiger partial charge in [0.1, 0.15) is 0 Å². The number of hydrogen-bond acceptors (Lipinski definition) is 3. The van der Waals surface area contributed by atoms with E-state index in [0.717, 1.165) is 12.1 Å². The average molecular weight is 210 g/mol. The number of nitrogens with one attached hydrogen (secondary N) is 1. The van der Waals surface area contributed by atoms with Gasteiger partial charge in [-0.1, -0.05) is 19.1 Å². The van der Waals surface area contributed by atoms with Crippen LogP contribution in [-0.4, -0.2) is 27.4 Å². The van der Waals surface area contributed by atoms with Crippen molar-refractivity contribution in [1.82, 2.24) is 20.3 Å². The van der Waals surface area contributed by atoms with E-state index in [2.05, 4.69) is 29.5 Å². The minimum absolute atomic E-state index is 0.0162. The molecule has 0 atom stereocenters. The van der Waals surface area contributed by atoms with Gasteiger partial charge in [-0.15, -0.1) is 5.10 Å². The molecule has 5 heteroatoms. The normalized spacial score (nSPS) is 10.7. The van der Waals surface area contributed by atoms with Gasteiger partial charge in [0.25, 0.3) is 0 Å². The SMILES string of the molecule is CC(=O)NCCn1cc(CC(C)C)nn1. The van der Waals surface area contributed by atoms with Crippen molar-refractivity contribution >= 4 is 5.91 Å². The predicted octanol–water partition coefficient (Wildman–Crippen LogP) is 0.613. The summed E-state index contributed by atoms with van der Waals surface area (Å²) in [7, 11) is 0. The van der Waals surface area contributed by atoms with Gasteiger partial charge in [0, 0.05) is 19.7 Å². The summed E-state index contributed by atoms with van der Waals surface area (Å²) in [6.07, 6.45) is 2.88. The van der Waals surface area contributed by atoms with Crippen LogP contribution in [0.5, 0.6) is 0 Å². The molecule has 0 aromatic carbocycles. The van der Waals surface area contributed by atoms with E-state index in [1.807, 2.05) is 6.20 Å². The Hall–Kier alpha value is -1.39. The van der Waals surface area contributed by atoms with Crippen molar-refractivity contribution in [2.75, 3.05) is 6.54 Å². The molecule has 0 bridgehead atoms. The Bertz CT molecular complexity index is 319. The zero-order valence-electron chi connectivity index (χ0n) is 9.53. The Morgan fingerprint density at radius 2 is 2.33 bits per heavy atom. The monoisotopic (exact) mass is 210 g/mol. The second kappa shape index (κ2) is 5.48. The number of hydrogen-bond donors (Lipinski definition) is 1. The summed E-state index contributed by atoms with van der Waals surface area (Å²) in [5.74, 6) is 0.572. The molecule has 0 aliphatic rings. The summed E-state index contributed by atoms with van der Waals surface area (Å²) in [6.45, 7) is 7.07. The van der Waals surface area contributed by atoms with E-state index in [1.54, 1.807) is 4.68 Å². The Morgan fingerprint density at radius 1 is 1.60 bits per heavy atom. The van der Waals surface area contributed by atoms with E-state index >= 15 is 0 Å². The topological polar surface area (TPSA) is 59.8 Å². The lowest BCUT2D eigenvalue weighted by molar-refractivity contribution is -0.118. The molecule has 1 N–H and O–H groups in total. The molecule has 0 saturated heterocycles. The van der Waals surface area contributed by atoms with Gasteiger partial charge in [-0.05, 0) is 12.3 Å². The summed E-state index contributed by atoms with van der Waals surface area (Å²) in [5.41, 5.74) is 1.01. The Balaban J connectivity index is 2.36. The molecule has 1 aromatic rings. The van der Waals surface area contributed by atoms with Crippen molar-refractivity contribution in [3.8, 4) is 0 Å². The smallest absolute Gasteiger partial charge is 0.216 e. The Morgan fingerprint density at radius 3 is 2.93 bits per heavy atom. The van der Waals surface area contributed by atoms with E-state index in [4.69, 9.17) is 0 Å². The number of rotatable bonds is 5. The van der Waals surface area contributed by atoms with E-state index in [0.29, 0.717) is 19.0 Å². The fourth-order valence-corrected chi connectivity index (χ4v) is 1.31. The Kier molecular flexibility index (Phi) is 4.27. The summed E-state index contributed by atoms with van der Waals surface area (Å²) in [4.78, 5) is 10.6. The molecule has 0 radical (unpaired) electrons. The quantitative estimate of drug-likeness (QED) is 0.774. The van der Waals surface area contributed by atoms with Gasteiger partial charge in [0.15, 0.2) is 0 Å². The van der Waals surface area contributed by atoms with Crippen LogP contribution in [0.4, 0.5) is 0 Å². The standard InChI is InChI=1S/C10H18N4O/c1-8(2)6-10-7-14(13-12-10)5-4-11-9(3)15/h7-8H,4-6H2,1-3H3,(H,11,15). The zero-order chi connectivity index (χ0) is 11.3. The van der Waals surface area contributed by atoms with Gasteiger partial charge in [-0.2, -0.15) is 0 Å². The third-order valence-electron chi connectivity index (χ3n) is 1.92. The molecule has 1 aromatic heterocycles. The first kappa shape index (κ1) is 11.7. The number of carbonyl (C=O) groups excluding carboxylic acids is 1. The van der Waals surface area contributed by atoms with E-state index in [-0.39, 0.29) is 5.91 Å². The maximum atomic E-state index is 10.6. The maximum Gasteiger partial charge on any atom is 0.216 e. The molecule has 84 valence electrons. The van der Waals surface area contributed by atoms with Crippen LogP contribution >= 0.6 is 0 Å². The van der Waals surface area contributed by atoms with Gasteiger partial charge in [-0.3, -0.25) is 9.48 Å². The lowest BCUT2D eigenvalue weighted by atomic mass is 10.1. The largest absolute Gasteiger partial charge is 0.354 e. The van der Waals surface area contributed by atoms with Gasteiger partial charge < -0.3 is 5.32 Å². The van der Waals surface area contributed by atoms with Crippen LogP contribution in [0, 0.1) is 5.92 Å². The zero-order valence-corrected chi connectivity index (χ0v) is 9.53. The van der Waals surface area contributed by atoms with Crippen molar-refractivity contribution in [1.29, 1.82) is 0 Å². The molecular formula is C10H18N4O. The molecule has 0 saturated carbocycles. The fourth-order valence-electron chi connectivity index (χ4n) is 1.31. The average Bonchev–Trinajstić information content (AvgIpc) is 2.50. The van der Waals surface area contributed by atoms with E-state index in [9.17, 15) is 4.79 Å². The van der Waals surface area contributed by atoms with Crippen molar-refractivity contribution in [3.05, 3.63) is 11.9 Å². The molecule has 5 nitrogen and oxygen atoms in total. The first-order chi connectivity index (χ1) is 7.08. The maximum absolute atomic E-state index is 10.6. The van der Waals surface area contributed by atoms with Crippen LogP contribution in [0.3, 0.4) is 0 Å². The summed E-state index contributed by atoms with van der Waals surface area (Å²) in [5, 5.41) is 10.8. The fraction of sp³-hybridized carbons (Fsp3) is 0.700. The third kappa shape index (κ3) is 4.58. The highest BCUT2D eigenvalue weighted by Crippen LogP contribution is 2.03. The molecule has 1 heterocycles. The second-order valence-electron chi connectivity index (χ2n) is 4.05. The first-order valence-corrected chi connectivity index (χ1v) is 5.21. The van der Waals surface area contributed by atoms with Crippen molar-refractivity contribution in [2.24, 2.45) is 5.92 Å². The summed E-state index contributed by atoms with van der Waals surface area (Å²) >= 11 is 0. The third-order valence-corrected chi connectivity index (χ3v) is 1.92. The predicted molar refractivity (Wildman–Crippen MR) is 57.2 cm³/mol. The van der Waals surface area contributed by atoms with Crippen LogP contribution in [0.2, 0.25) is 0 Å². The highest BCUT2D eigenvalue weighted by Gasteiger charge is 2.03. The highest BCUT2D eigenvalue weighted by molar-refractivity contribution is 5.72.